The summed E-state index contributed by atoms with van der Waals surface area (Å²) in [6, 6.07) is 7.63. The molecule has 0 amide bonds. The number of allylic oxidation sites excluding steroid dienone is 2. The zero-order chi connectivity index (χ0) is 13.9. The van der Waals surface area contributed by atoms with Crippen LogP contribution >= 0.6 is 12.2 Å². The van der Waals surface area contributed by atoms with Gasteiger partial charge in [-0.2, -0.15) is 5.10 Å². The van der Waals surface area contributed by atoms with Gasteiger partial charge in [-0.15, -0.1) is 0 Å². The largest absolute Gasteiger partial charge is 0.497 e. The molecule has 1 saturated carbocycles. The van der Waals surface area contributed by atoms with Gasteiger partial charge in [-0.25, -0.2) is 0 Å². The molecule has 2 atom stereocenters. The minimum absolute atomic E-state index is 0.496. The first-order valence-corrected chi connectivity index (χ1v) is 7.11. The Kier molecular flexibility index (Phi) is 3.69. The Morgan fingerprint density at radius 3 is 3.15 bits per heavy atom. The molecule has 1 fully saturated rings. The fraction of sp³-hybridized carbons (Fsp3) is 0.333. The molecule has 2 N–H and O–H groups in total. The lowest BCUT2D eigenvalue weighted by Crippen LogP contribution is -2.36. The van der Waals surface area contributed by atoms with Crippen LogP contribution in [0.15, 0.2) is 41.5 Å². The lowest BCUT2D eigenvalue weighted by Gasteiger charge is -2.31. The number of nitrogens with zero attached hydrogens (tertiary/aromatic N) is 1. The predicted octanol–water partition coefficient (Wildman–Crippen LogP) is 2.93. The van der Waals surface area contributed by atoms with Gasteiger partial charge in [0.15, 0.2) is 5.11 Å². The normalized spacial score (nSPS) is 24.9. The lowest BCUT2D eigenvalue weighted by atomic mass is 9.74. The number of fused-ring (bicyclic) bond motifs is 1. The molecule has 2 aliphatic rings. The topological polar surface area (TPSA) is 45.6 Å². The standard InChI is InChI=1S/C15H17N3OS/c1-19-12-6-3-5-11(9-12)16-15(20)18-17-14-8-10-4-2-7-13(10)14/h2-3,5-7,9-10,13H,4,8H2,1H3,(H2,16,18,20). The monoisotopic (exact) mass is 287 g/mol. The fourth-order valence-electron chi connectivity index (χ4n) is 2.64. The van der Waals surface area contributed by atoms with Crippen molar-refractivity contribution < 1.29 is 4.74 Å². The van der Waals surface area contributed by atoms with E-state index >= 15 is 0 Å². The van der Waals surface area contributed by atoms with Crippen LogP contribution in [0.5, 0.6) is 5.75 Å². The van der Waals surface area contributed by atoms with E-state index in [4.69, 9.17) is 17.0 Å². The molecule has 1 aromatic rings. The van der Waals surface area contributed by atoms with Crippen molar-refractivity contribution in [3.63, 3.8) is 0 Å². The molecule has 0 aromatic heterocycles. The van der Waals surface area contributed by atoms with E-state index in [0.29, 0.717) is 11.0 Å². The summed E-state index contributed by atoms with van der Waals surface area (Å²) < 4.78 is 5.17. The number of thiocarbonyl (C=S) groups is 1. The average molecular weight is 287 g/mol. The third kappa shape index (κ3) is 2.67. The van der Waals surface area contributed by atoms with Crippen LogP contribution < -0.4 is 15.5 Å². The molecular weight excluding hydrogens is 270 g/mol. The van der Waals surface area contributed by atoms with Crippen LogP contribution in [-0.2, 0) is 0 Å². The quantitative estimate of drug-likeness (QED) is 0.510. The summed E-state index contributed by atoms with van der Waals surface area (Å²) in [6.07, 6.45) is 6.75. The molecule has 3 rings (SSSR count). The van der Waals surface area contributed by atoms with E-state index in [1.165, 1.54) is 12.1 Å². The highest BCUT2D eigenvalue weighted by Crippen LogP contribution is 2.40. The molecule has 0 radical (unpaired) electrons. The molecule has 0 bridgehead atoms. The van der Waals surface area contributed by atoms with Gasteiger partial charge in [0.1, 0.15) is 5.75 Å². The van der Waals surface area contributed by atoms with Crippen molar-refractivity contribution in [3.05, 3.63) is 36.4 Å². The van der Waals surface area contributed by atoms with Crippen molar-refractivity contribution in [1.82, 2.24) is 5.43 Å². The van der Waals surface area contributed by atoms with Crippen LogP contribution in [0, 0.1) is 11.8 Å². The molecule has 104 valence electrons. The van der Waals surface area contributed by atoms with Crippen molar-refractivity contribution >= 4 is 28.7 Å². The van der Waals surface area contributed by atoms with Gasteiger partial charge in [0.25, 0.3) is 0 Å². The van der Waals surface area contributed by atoms with Crippen LogP contribution in [0.4, 0.5) is 5.69 Å². The Bertz CT molecular complexity index is 582. The van der Waals surface area contributed by atoms with Gasteiger partial charge in [-0.3, -0.25) is 5.43 Å². The second-order valence-electron chi connectivity index (χ2n) is 5.05. The average Bonchev–Trinajstić information content (AvgIpc) is 2.81. The number of nitrogens with one attached hydrogen (secondary N) is 2. The highest BCUT2D eigenvalue weighted by atomic mass is 32.1. The van der Waals surface area contributed by atoms with Crippen molar-refractivity contribution in [2.75, 3.05) is 12.4 Å². The Hall–Kier alpha value is -1.88. The van der Waals surface area contributed by atoms with E-state index in [1.54, 1.807) is 7.11 Å². The van der Waals surface area contributed by atoms with E-state index in [2.05, 4.69) is 28.0 Å². The zero-order valence-corrected chi connectivity index (χ0v) is 12.1. The number of hydrogen-bond acceptors (Lipinski definition) is 3. The van der Waals surface area contributed by atoms with E-state index in [1.807, 2.05) is 24.3 Å². The Labute approximate surface area is 123 Å². The van der Waals surface area contributed by atoms with Gasteiger partial charge in [-0.1, -0.05) is 18.2 Å². The summed E-state index contributed by atoms with van der Waals surface area (Å²) in [5.74, 6) is 2.10. The molecule has 0 spiro atoms. The van der Waals surface area contributed by atoms with Gasteiger partial charge >= 0.3 is 0 Å². The second-order valence-corrected chi connectivity index (χ2v) is 5.46. The number of benzene rings is 1. The summed E-state index contributed by atoms with van der Waals surface area (Å²) in [5.41, 5.74) is 4.99. The first-order valence-electron chi connectivity index (χ1n) is 6.70. The van der Waals surface area contributed by atoms with E-state index in [0.717, 1.165) is 23.8 Å². The highest BCUT2D eigenvalue weighted by molar-refractivity contribution is 7.80. The van der Waals surface area contributed by atoms with Gasteiger partial charge < -0.3 is 10.1 Å². The van der Waals surface area contributed by atoms with Crippen LogP contribution in [-0.4, -0.2) is 17.9 Å². The summed E-state index contributed by atoms with van der Waals surface area (Å²) in [6.45, 7) is 0. The molecule has 2 unspecified atom stereocenters. The number of hydrogen-bond donors (Lipinski definition) is 2. The van der Waals surface area contributed by atoms with Gasteiger partial charge in [0.2, 0.25) is 0 Å². The summed E-state index contributed by atoms with van der Waals surface area (Å²) >= 11 is 5.24. The smallest absolute Gasteiger partial charge is 0.191 e. The van der Waals surface area contributed by atoms with Crippen molar-refractivity contribution in [2.24, 2.45) is 16.9 Å². The maximum absolute atomic E-state index is 5.24. The number of anilines is 1. The van der Waals surface area contributed by atoms with Crippen LogP contribution in [0.1, 0.15) is 12.8 Å². The molecule has 1 aromatic carbocycles. The Balaban J connectivity index is 1.55. The molecule has 0 heterocycles. The third-order valence-electron chi connectivity index (χ3n) is 3.77. The number of hydrazone groups is 1. The molecule has 2 aliphatic carbocycles. The Morgan fingerprint density at radius 2 is 2.35 bits per heavy atom. The zero-order valence-electron chi connectivity index (χ0n) is 11.3. The minimum Gasteiger partial charge on any atom is -0.497 e. The first-order chi connectivity index (χ1) is 9.76. The number of methoxy groups -OCH3 is 1. The molecule has 5 heteroatoms. The summed E-state index contributed by atoms with van der Waals surface area (Å²) in [4.78, 5) is 0. The maximum Gasteiger partial charge on any atom is 0.191 e. The van der Waals surface area contributed by atoms with E-state index in [9.17, 15) is 0 Å². The van der Waals surface area contributed by atoms with Gasteiger partial charge in [-0.05, 0) is 43.1 Å². The lowest BCUT2D eigenvalue weighted by molar-refractivity contribution is 0.415. The van der Waals surface area contributed by atoms with Crippen molar-refractivity contribution in [1.29, 1.82) is 0 Å². The van der Waals surface area contributed by atoms with Gasteiger partial charge in [0.05, 0.1) is 7.11 Å². The molecule has 0 saturated heterocycles. The van der Waals surface area contributed by atoms with Crippen molar-refractivity contribution in [2.45, 2.75) is 12.8 Å². The number of rotatable bonds is 3. The fourth-order valence-corrected chi connectivity index (χ4v) is 2.81. The van der Waals surface area contributed by atoms with E-state index < -0.39 is 0 Å². The van der Waals surface area contributed by atoms with Crippen molar-refractivity contribution in [3.8, 4) is 5.75 Å². The first kappa shape index (κ1) is 13.1. The van der Waals surface area contributed by atoms with Crippen LogP contribution in [0.3, 0.4) is 0 Å². The predicted molar refractivity (Wildman–Crippen MR) is 85.1 cm³/mol. The summed E-state index contributed by atoms with van der Waals surface area (Å²) in [5, 5.41) is 7.98. The summed E-state index contributed by atoms with van der Waals surface area (Å²) in [7, 11) is 1.64. The molecule has 0 aliphatic heterocycles. The molecule has 20 heavy (non-hydrogen) atoms. The maximum atomic E-state index is 5.24. The van der Waals surface area contributed by atoms with Crippen LogP contribution in [0.25, 0.3) is 0 Å². The SMILES string of the molecule is COc1cccc(NC(=S)NN=C2CC3CC=CC23)c1. The van der Waals surface area contributed by atoms with Gasteiger partial charge in [0, 0.05) is 23.4 Å². The highest BCUT2D eigenvalue weighted by Gasteiger charge is 2.37. The number of ether oxygens (including phenoxy) is 1. The third-order valence-corrected chi connectivity index (χ3v) is 3.97. The second kappa shape index (κ2) is 5.63. The molecule has 4 nitrogen and oxygen atoms in total. The molecular formula is C15H17N3OS. The van der Waals surface area contributed by atoms with Crippen LogP contribution in [0.2, 0.25) is 0 Å². The minimum atomic E-state index is 0.496. The van der Waals surface area contributed by atoms with E-state index in [-0.39, 0.29) is 0 Å². The Morgan fingerprint density at radius 1 is 1.45 bits per heavy atom.